The lowest BCUT2D eigenvalue weighted by Crippen LogP contribution is -2.48. The van der Waals surface area contributed by atoms with Crippen LogP contribution in [0.2, 0.25) is 0 Å². The number of halogens is 1. The molecule has 0 amide bonds. The van der Waals surface area contributed by atoms with Crippen LogP contribution in [-0.2, 0) is 22.3 Å². The van der Waals surface area contributed by atoms with Crippen molar-refractivity contribution in [1.29, 1.82) is 0 Å². The van der Waals surface area contributed by atoms with E-state index >= 15 is 0 Å². The van der Waals surface area contributed by atoms with Gasteiger partial charge in [0.25, 0.3) is 0 Å². The molecule has 6 nitrogen and oxygen atoms in total. The van der Waals surface area contributed by atoms with Gasteiger partial charge < -0.3 is 4.40 Å². The van der Waals surface area contributed by atoms with Crippen LogP contribution >= 0.6 is 0 Å². The molecule has 0 bridgehead atoms. The SMILES string of the molecule is O=S(=O)(Cc1cccc(F)c1)N1CCN(Cc2cnc3ccccn23)CC1. The van der Waals surface area contributed by atoms with Crippen molar-refractivity contribution in [2.24, 2.45) is 0 Å². The summed E-state index contributed by atoms with van der Waals surface area (Å²) >= 11 is 0. The predicted molar refractivity (Wildman–Crippen MR) is 101 cm³/mol. The van der Waals surface area contributed by atoms with Gasteiger partial charge in [-0.25, -0.2) is 17.8 Å². The van der Waals surface area contributed by atoms with Crippen molar-refractivity contribution in [1.82, 2.24) is 18.6 Å². The highest BCUT2D eigenvalue weighted by Crippen LogP contribution is 2.16. The first-order valence-electron chi connectivity index (χ1n) is 8.87. The maximum Gasteiger partial charge on any atom is 0.218 e. The van der Waals surface area contributed by atoms with Gasteiger partial charge in [-0.15, -0.1) is 0 Å². The Morgan fingerprint density at radius 2 is 1.85 bits per heavy atom. The minimum absolute atomic E-state index is 0.169. The third-order valence-corrected chi connectivity index (χ3v) is 6.69. The molecule has 27 heavy (non-hydrogen) atoms. The molecule has 0 saturated carbocycles. The fourth-order valence-electron chi connectivity index (χ4n) is 3.43. The molecule has 0 spiro atoms. The Labute approximate surface area is 157 Å². The Bertz CT molecular complexity index is 1040. The van der Waals surface area contributed by atoms with Crippen molar-refractivity contribution in [2.75, 3.05) is 26.2 Å². The summed E-state index contributed by atoms with van der Waals surface area (Å²) in [5, 5.41) is 0. The molecule has 1 aliphatic rings. The van der Waals surface area contributed by atoms with E-state index in [2.05, 4.69) is 9.88 Å². The predicted octanol–water partition coefficient (Wildman–Crippen LogP) is 2.12. The van der Waals surface area contributed by atoms with Crippen LogP contribution in [0, 0.1) is 5.82 Å². The van der Waals surface area contributed by atoms with Crippen LogP contribution in [0.5, 0.6) is 0 Å². The summed E-state index contributed by atoms with van der Waals surface area (Å²) in [6.45, 7) is 2.91. The summed E-state index contributed by atoms with van der Waals surface area (Å²) in [7, 11) is -3.45. The highest BCUT2D eigenvalue weighted by Gasteiger charge is 2.27. The molecule has 1 fully saturated rings. The molecule has 2 aromatic heterocycles. The molecule has 1 aliphatic heterocycles. The van der Waals surface area contributed by atoms with Crippen molar-refractivity contribution < 1.29 is 12.8 Å². The zero-order valence-corrected chi connectivity index (χ0v) is 15.6. The Kier molecular flexibility index (Phi) is 4.94. The van der Waals surface area contributed by atoms with E-state index in [0.717, 1.165) is 17.9 Å². The number of piperazine rings is 1. The van der Waals surface area contributed by atoms with Gasteiger partial charge in [-0.3, -0.25) is 4.90 Å². The minimum atomic E-state index is -3.45. The van der Waals surface area contributed by atoms with Gasteiger partial charge in [0.05, 0.1) is 17.6 Å². The maximum atomic E-state index is 13.3. The lowest BCUT2D eigenvalue weighted by atomic mass is 10.2. The van der Waals surface area contributed by atoms with Crippen molar-refractivity contribution in [3.05, 3.63) is 71.9 Å². The van der Waals surface area contributed by atoms with E-state index in [4.69, 9.17) is 0 Å². The summed E-state index contributed by atoms with van der Waals surface area (Å²) in [5.41, 5.74) is 2.47. The van der Waals surface area contributed by atoms with E-state index < -0.39 is 15.8 Å². The van der Waals surface area contributed by atoms with Crippen LogP contribution in [0.3, 0.4) is 0 Å². The lowest BCUT2D eigenvalue weighted by Gasteiger charge is -2.33. The summed E-state index contributed by atoms with van der Waals surface area (Å²) < 4.78 is 42.1. The van der Waals surface area contributed by atoms with Gasteiger partial charge in [-0.1, -0.05) is 18.2 Å². The summed E-state index contributed by atoms with van der Waals surface area (Å²) in [5.74, 6) is -0.585. The second kappa shape index (κ2) is 7.38. The van der Waals surface area contributed by atoms with Crippen LogP contribution in [0.4, 0.5) is 4.39 Å². The molecule has 0 aliphatic carbocycles. The molecule has 3 aromatic rings. The minimum Gasteiger partial charge on any atom is -0.303 e. The van der Waals surface area contributed by atoms with Crippen molar-refractivity contribution in [3.8, 4) is 0 Å². The maximum absolute atomic E-state index is 13.3. The van der Waals surface area contributed by atoms with Gasteiger partial charge in [0.1, 0.15) is 11.5 Å². The molecule has 0 N–H and O–H groups in total. The first-order chi connectivity index (χ1) is 13.0. The molecule has 1 saturated heterocycles. The average Bonchev–Trinajstić information content (AvgIpc) is 3.05. The Morgan fingerprint density at radius 1 is 1.04 bits per heavy atom. The Balaban J connectivity index is 1.38. The van der Waals surface area contributed by atoms with Gasteiger partial charge in [0.15, 0.2) is 0 Å². The number of sulfonamides is 1. The van der Waals surface area contributed by atoms with Crippen molar-refractivity contribution >= 4 is 15.7 Å². The second-order valence-electron chi connectivity index (χ2n) is 6.74. The molecule has 0 radical (unpaired) electrons. The molecule has 3 heterocycles. The van der Waals surface area contributed by atoms with E-state index in [0.29, 0.717) is 31.7 Å². The van der Waals surface area contributed by atoms with Crippen LogP contribution in [0.1, 0.15) is 11.3 Å². The van der Waals surface area contributed by atoms with Crippen molar-refractivity contribution in [2.45, 2.75) is 12.3 Å². The fourth-order valence-corrected chi connectivity index (χ4v) is 4.93. The molecule has 8 heteroatoms. The first kappa shape index (κ1) is 18.1. The standard InChI is InChI=1S/C19H21FN4O2S/c20-17-5-3-4-16(12-17)15-27(25,26)23-10-8-22(9-11-23)14-18-13-21-19-6-1-2-7-24(18)19/h1-7,12-13H,8-11,14-15H2. The molecule has 0 unspecified atom stereocenters. The van der Waals surface area contributed by atoms with Crippen LogP contribution in [0.15, 0.2) is 54.9 Å². The Morgan fingerprint density at radius 3 is 2.63 bits per heavy atom. The van der Waals surface area contributed by atoms with Gasteiger partial charge in [0.2, 0.25) is 10.0 Å². The first-order valence-corrected chi connectivity index (χ1v) is 10.5. The van der Waals surface area contributed by atoms with Gasteiger partial charge in [-0.05, 0) is 29.8 Å². The number of fused-ring (bicyclic) bond motifs is 1. The smallest absolute Gasteiger partial charge is 0.218 e. The monoisotopic (exact) mass is 388 g/mol. The fraction of sp³-hybridized carbons (Fsp3) is 0.316. The second-order valence-corrected chi connectivity index (χ2v) is 8.71. The molecular weight excluding hydrogens is 367 g/mol. The Hall–Kier alpha value is -2.29. The average molecular weight is 388 g/mol. The number of pyridine rings is 1. The summed E-state index contributed by atoms with van der Waals surface area (Å²) in [6.07, 6.45) is 3.85. The normalized spacial score (nSPS) is 16.8. The lowest BCUT2D eigenvalue weighted by molar-refractivity contribution is 0.179. The van der Waals surface area contributed by atoms with Crippen molar-refractivity contribution in [3.63, 3.8) is 0 Å². The van der Waals surface area contributed by atoms with Gasteiger partial charge >= 0.3 is 0 Å². The summed E-state index contributed by atoms with van der Waals surface area (Å²) in [6, 6.07) is 11.6. The molecule has 142 valence electrons. The van der Waals surface area contributed by atoms with E-state index in [1.165, 1.54) is 22.5 Å². The molecule has 4 rings (SSSR count). The third-order valence-electron chi connectivity index (χ3n) is 4.84. The number of aromatic nitrogens is 2. The number of imidazole rings is 1. The topological polar surface area (TPSA) is 57.9 Å². The van der Waals surface area contributed by atoms with E-state index in [1.807, 2.05) is 35.0 Å². The number of benzene rings is 1. The summed E-state index contributed by atoms with van der Waals surface area (Å²) in [4.78, 5) is 6.62. The quantitative estimate of drug-likeness (QED) is 0.672. The zero-order valence-electron chi connectivity index (χ0n) is 14.8. The van der Waals surface area contributed by atoms with E-state index in [-0.39, 0.29) is 5.75 Å². The number of hydrogen-bond acceptors (Lipinski definition) is 4. The molecular formula is C19H21FN4O2S. The van der Waals surface area contributed by atoms with Gasteiger partial charge in [-0.2, -0.15) is 4.31 Å². The molecule has 1 aromatic carbocycles. The zero-order chi connectivity index (χ0) is 18.9. The van der Waals surface area contributed by atoms with E-state index in [1.54, 1.807) is 6.07 Å². The number of nitrogens with zero attached hydrogens (tertiary/aromatic N) is 4. The van der Waals surface area contributed by atoms with Crippen LogP contribution in [-0.4, -0.2) is 53.2 Å². The van der Waals surface area contributed by atoms with Gasteiger partial charge in [0, 0.05) is 38.9 Å². The van der Waals surface area contributed by atoms with Crippen LogP contribution < -0.4 is 0 Å². The highest BCUT2D eigenvalue weighted by molar-refractivity contribution is 7.88. The number of hydrogen-bond donors (Lipinski definition) is 0. The third kappa shape index (κ3) is 4.02. The van der Waals surface area contributed by atoms with Crippen LogP contribution in [0.25, 0.3) is 5.65 Å². The van der Waals surface area contributed by atoms with E-state index in [9.17, 15) is 12.8 Å². The largest absolute Gasteiger partial charge is 0.303 e. The number of rotatable bonds is 5. The molecule has 0 atom stereocenters. The highest BCUT2D eigenvalue weighted by atomic mass is 32.2.